The molecule has 0 aliphatic carbocycles. The fourth-order valence-electron chi connectivity index (χ4n) is 3.62. The number of H-pyrrole nitrogens is 1. The first-order valence-electron chi connectivity index (χ1n) is 9.08. The largest absolute Gasteiger partial charge is 0.361 e. The molecular formula is C20H22N4O2. The van der Waals surface area contributed by atoms with E-state index in [9.17, 15) is 9.59 Å². The van der Waals surface area contributed by atoms with E-state index in [0.717, 1.165) is 16.8 Å². The van der Waals surface area contributed by atoms with E-state index >= 15 is 0 Å². The third kappa shape index (κ3) is 3.03. The van der Waals surface area contributed by atoms with Crippen molar-refractivity contribution < 1.29 is 4.79 Å². The average molecular weight is 350 g/mol. The Kier molecular flexibility index (Phi) is 4.32. The fraction of sp³-hybridized carbons (Fsp3) is 0.350. The van der Waals surface area contributed by atoms with Gasteiger partial charge in [-0.15, -0.1) is 0 Å². The summed E-state index contributed by atoms with van der Waals surface area (Å²) in [5.74, 6) is 0.126. The Labute approximate surface area is 151 Å². The number of carbonyl (C=O) groups excluding carboxylic acids is 1. The summed E-state index contributed by atoms with van der Waals surface area (Å²) in [7, 11) is 0. The topological polar surface area (TPSA) is 71.0 Å². The number of hydrogen-bond donors (Lipinski definition) is 1. The molecule has 0 spiro atoms. The molecule has 1 aromatic carbocycles. The van der Waals surface area contributed by atoms with Crippen molar-refractivity contribution in [3.8, 4) is 0 Å². The van der Waals surface area contributed by atoms with Gasteiger partial charge in [-0.3, -0.25) is 9.59 Å². The van der Waals surface area contributed by atoms with Crippen LogP contribution in [0.3, 0.4) is 0 Å². The van der Waals surface area contributed by atoms with E-state index in [4.69, 9.17) is 0 Å². The Balaban J connectivity index is 1.44. The van der Waals surface area contributed by atoms with Gasteiger partial charge in [0.15, 0.2) is 0 Å². The Morgan fingerprint density at radius 2 is 2.15 bits per heavy atom. The molecule has 1 amide bonds. The normalized spacial score (nSPS) is 13.8. The number of rotatable bonds is 4. The lowest BCUT2D eigenvalue weighted by atomic mass is 10.0. The molecule has 3 heterocycles. The molecule has 1 N–H and O–H groups in total. The summed E-state index contributed by atoms with van der Waals surface area (Å²) in [5.41, 5.74) is 3.98. The summed E-state index contributed by atoms with van der Waals surface area (Å²) in [5, 5.41) is 5.58. The van der Waals surface area contributed by atoms with Gasteiger partial charge in [-0.2, -0.15) is 5.10 Å². The molecule has 0 bridgehead atoms. The van der Waals surface area contributed by atoms with Crippen molar-refractivity contribution in [3.05, 3.63) is 63.7 Å². The minimum absolute atomic E-state index is 0.0978. The zero-order chi connectivity index (χ0) is 18.1. The molecule has 0 fully saturated rings. The van der Waals surface area contributed by atoms with Crippen molar-refractivity contribution in [1.82, 2.24) is 19.7 Å². The molecule has 0 unspecified atom stereocenters. The van der Waals surface area contributed by atoms with Crippen LogP contribution in [0.1, 0.15) is 30.2 Å². The van der Waals surface area contributed by atoms with Crippen LogP contribution in [0, 0.1) is 0 Å². The quantitative estimate of drug-likeness (QED) is 0.785. The van der Waals surface area contributed by atoms with Gasteiger partial charge in [0, 0.05) is 61.2 Å². The van der Waals surface area contributed by atoms with Gasteiger partial charge in [-0.25, -0.2) is 4.68 Å². The number of fused-ring (bicyclic) bond motifs is 2. The van der Waals surface area contributed by atoms with Gasteiger partial charge in [-0.05, 0) is 25.0 Å². The molecule has 2 aromatic heterocycles. The number of carbonyl (C=O) groups is 1. The van der Waals surface area contributed by atoms with E-state index in [1.165, 1.54) is 15.6 Å². The highest BCUT2D eigenvalue weighted by atomic mass is 16.2. The van der Waals surface area contributed by atoms with E-state index in [-0.39, 0.29) is 11.5 Å². The number of aromatic nitrogens is 3. The number of benzene rings is 1. The highest BCUT2D eigenvalue weighted by molar-refractivity contribution is 5.84. The van der Waals surface area contributed by atoms with Crippen LogP contribution in [-0.4, -0.2) is 32.1 Å². The Hall–Kier alpha value is -2.89. The molecule has 0 saturated carbocycles. The zero-order valence-corrected chi connectivity index (χ0v) is 14.9. The minimum Gasteiger partial charge on any atom is -0.361 e. The zero-order valence-electron chi connectivity index (χ0n) is 14.9. The maximum atomic E-state index is 12.7. The molecule has 6 nitrogen and oxygen atoms in total. The Bertz CT molecular complexity index is 1020. The van der Waals surface area contributed by atoms with Gasteiger partial charge in [0.05, 0.1) is 5.69 Å². The first-order chi connectivity index (χ1) is 12.7. The smallest absolute Gasteiger partial charge is 0.267 e. The number of amides is 1. The summed E-state index contributed by atoms with van der Waals surface area (Å²) in [6.07, 6.45) is 3.87. The molecule has 26 heavy (non-hydrogen) atoms. The fourth-order valence-corrected chi connectivity index (χ4v) is 3.62. The summed E-state index contributed by atoms with van der Waals surface area (Å²) in [6.45, 7) is 3.62. The standard InChI is InChI=1S/C20H22N4O2/c1-2-24-20(26)11-15-13-23(10-9-17(15)22-24)19(25)8-7-14-12-21-18-6-4-3-5-16(14)18/h3-6,11-12,21H,2,7-10,13H2,1H3. The van der Waals surface area contributed by atoms with Gasteiger partial charge in [0.1, 0.15) is 0 Å². The second-order valence-corrected chi connectivity index (χ2v) is 6.70. The summed E-state index contributed by atoms with van der Waals surface area (Å²) >= 11 is 0. The minimum atomic E-state index is -0.0978. The van der Waals surface area contributed by atoms with Crippen molar-refractivity contribution in [2.45, 2.75) is 39.3 Å². The number of para-hydroxylation sites is 1. The number of hydrogen-bond acceptors (Lipinski definition) is 3. The van der Waals surface area contributed by atoms with Crippen LogP contribution >= 0.6 is 0 Å². The lowest BCUT2D eigenvalue weighted by molar-refractivity contribution is -0.132. The second kappa shape index (κ2) is 6.78. The van der Waals surface area contributed by atoms with Gasteiger partial charge in [-0.1, -0.05) is 18.2 Å². The van der Waals surface area contributed by atoms with Crippen LogP contribution in [0.2, 0.25) is 0 Å². The molecule has 0 atom stereocenters. The van der Waals surface area contributed by atoms with E-state index in [1.807, 2.05) is 36.2 Å². The van der Waals surface area contributed by atoms with Crippen LogP contribution in [0.5, 0.6) is 0 Å². The maximum absolute atomic E-state index is 12.7. The molecule has 4 rings (SSSR count). The number of aromatic amines is 1. The Morgan fingerprint density at radius 3 is 3.00 bits per heavy atom. The second-order valence-electron chi connectivity index (χ2n) is 6.70. The molecule has 6 heteroatoms. The summed E-state index contributed by atoms with van der Waals surface area (Å²) in [6, 6.07) is 9.76. The first kappa shape index (κ1) is 16.6. The predicted octanol–water partition coefficient (Wildman–Crippen LogP) is 2.26. The number of nitrogens with zero attached hydrogens (tertiary/aromatic N) is 3. The molecular weight excluding hydrogens is 328 g/mol. The van der Waals surface area contributed by atoms with Gasteiger partial charge in [0.2, 0.25) is 5.91 Å². The van der Waals surface area contributed by atoms with Crippen LogP contribution in [0.15, 0.2) is 41.3 Å². The van der Waals surface area contributed by atoms with Crippen LogP contribution in [-0.2, 0) is 30.7 Å². The number of aryl methyl sites for hydroxylation is 2. The lowest BCUT2D eigenvalue weighted by Crippen LogP contribution is -2.38. The molecule has 1 aliphatic heterocycles. The highest BCUT2D eigenvalue weighted by Crippen LogP contribution is 2.21. The van der Waals surface area contributed by atoms with E-state index in [1.54, 1.807) is 6.07 Å². The average Bonchev–Trinajstić information content (AvgIpc) is 3.08. The third-order valence-corrected chi connectivity index (χ3v) is 5.08. The SMILES string of the molecule is CCn1nc2c(cc1=O)CN(C(=O)CCc1c[nH]c3ccccc13)CC2. The van der Waals surface area contributed by atoms with Crippen molar-refractivity contribution in [2.75, 3.05) is 6.54 Å². The van der Waals surface area contributed by atoms with Crippen molar-refractivity contribution in [1.29, 1.82) is 0 Å². The van der Waals surface area contributed by atoms with Crippen LogP contribution in [0.4, 0.5) is 0 Å². The van der Waals surface area contributed by atoms with Gasteiger partial charge >= 0.3 is 0 Å². The van der Waals surface area contributed by atoms with Crippen molar-refractivity contribution in [2.24, 2.45) is 0 Å². The third-order valence-electron chi connectivity index (χ3n) is 5.08. The van der Waals surface area contributed by atoms with Gasteiger partial charge < -0.3 is 9.88 Å². The lowest BCUT2D eigenvalue weighted by Gasteiger charge is -2.28. The van der Waals surface area contributed by atoms with Crippen LogP contribution < -0.4 is 5.56 Å². The molecule has 0 radical (unpaired) electrons. The summed E-state index contributed by atoms with van der Waals surface area (Å²) < 4.78 is 1.48. The molecule has 3 aromatic rings. The number of nitrogens with one attached hydrogen (secondary N) is 1. The van der Waals surface area contributed by atoms with E-state index in [0.29, 0.717) is 38.9 Å². The highest BCUT2D eigenvalue weighted by Gasteiger charge is 2.22. The van der Waals surface area contributed by atoms with E-state index in [2.05, 4.69) is 16.1 Å². The van der Waals surface area contributed by atoms with Crippen molar-refractivity contribution in [3.63, 3.8) is 0 Å². The first-order valence-corrected chi connectivity index (χ1v) is 9.08. The molecule has 134 valence electrons. The monoisotopic (exact) mass is 350 g/mol. The summed E-state index contributed by atoms with van der Waals surface area (Å²) in [4.78, 5) is 29.8. The molecule has 0 saturated heterocycles. The predicted molar refractivity (Wildman–Crippen MR) is 99.9 cm³/mol. The maximum Gasteiger partial charge on any atom is 0.267 e. The van der Waals surface area contributed by atoms with Crippen LogP contribution in [0.25, 0.3) is 10.9 Å². The Morgan fingerprint density at radius 1 is 1.31 bits per heavy atom. The van der Waals surface area contributed by atoms with E-state index < -0.39 is 0 Å². The van der Waals surface area contributed by atoms with Gasteiger partial charge in [0.25, 0.3) is 5.56 Å². The van der Waals surface area contributed by atoms with Crippen molar-refractivity contribution >= 4 is 16.8 Å². The molecule has 1 aliphatic rings.